The molecular formula is C15H14ClN3O. The van der Waals surface area contributed by atoms with Crippen molar-refractivity contribution in [2.75, 3.05) is 17.2 Å². The Morgan fingerprint density at radius 1 is 1.25 bits per heavy atom. The van der Waals surface area contributed by atoms with Crippen molar-refractivity contribution in [2.45, 2.75) is 0 Å². The largest absolute Gasteiger partial charge is 0.380 e. The van der Waals surface area contributed by atoms with Crippen molar-refractivity contribution in [3.8, 4) is 0 Å². The number of rotatable bonds is 5. The molecule has 0 saturated carbocycles. The lowest BCUT2D eigenvalue weighted by Crippen LogP contribution is -2.12. The van der Waals surface area contributed by atoms with Gasteiger partial charge in [-0.25, -0.2) is 4.98 Å². The van der Waals surface area contributed by atoms with E-state index in [2.05, 4.69) is 22.2 Å². The van der Waals surface area contributed by atoms with Gasteiger partial charge in [-0.2, -0.15) is 0 Å². The first kappa shape index (κ1) is 14.1. The molecule has 2 aromatic rings. The molecule has 1 aromatic carbocycles. The van der Waals surface area contributed by atoms with Gasteiger partial charge in [0.1, 0.15) is 5.82 Å². The van der Waals surface area contributed by atoms with Gasteiger partial charge in [0.25, 0.3) is 5.91 Å². The van der Waals surface area contributed by atoms with Crippen molar-refractivity contribution < 1.29 is 4.79 Å². The van der Waals surface area contributed by atoms with Gasteiger partial charge in [-0.15, -0.1) is 6.58 Å². The minimum Gasteiger partial charge on any atom is -0.380 e. The second-order valence-corrected chi connectivity index (χ2v) is 4.50. The van der Waals surface area contributed by atoms with Crippen molar-refractivity contribution in [1.29, 1.82) is 0 Å². The number of amides is 1. The molecule has 0 radical (unpaired) electrons. The molecule has 0 unspecified atom stereocenters. The van der Waals surface area contributed by atoms with Gasteiger partial charge in [0.05, 0.1) is 11.9 Å². The van der Waals surface area contributed by atoms with Gasteiger partial charge in [-0.3, -0.25) is 4.79 Å². The third kappa shape index (κ3) is 3.83. The number of nitrogens with one attached hydrogen (secondary N) is 2. The zero-order chi connectivity index (χ0) is 14.4. The summed E-state index contributed by atoms with van der Waals surface area (Å²) in [6.07, 6.45) is 3.41. The summed E-state index contributed by atoms with van der Waals surface area (Å²) in [5.74, 6) is 0.273. The second kappa shape index (κ2) is 6.73. The van der Waals surface area contributed by atoms with Crippen LogP contribution in [0.25, 0.3) is 0 Å². The van der Waals surface area contributed by atoms with Gasteiger partial charge >= 0.3 is 0 Å². The molecule has 0 aliphatic heterocycles. The van der Waals surface area contributed by atoms with Gasteiger partial charge in [-0.1, -0.05) is 17.7 Å². The van der Waals surface area contributed by atoms with Crippen LogP contribution in [0.15, 0.2) is 55.3 Å². The lowest BCUT2D eigenvalue weighted by atomic mass is 10.2. The Balaban J connectivity index is 2.00. The number of aromatic nitrogens is 1. The van der Waals surface area contributed by atoms with Crippen LogP contribution in [0.1, 0.15) is 10.4 Å². The molecule has 0 bridgehead atoms. The van der Waals surface area contributed by atoms with E-state index in [1.807, 2.05) is 6.07 Å². The number of hydrogen-bond acceptors (Lipinski definition) is 3. The van der Waals surface area contributed by atoms with E-state index in [0.29, 0.717) is 22.9 Å². The number of pyridine rings is 1. The summed E-state index contributed by atoms with van der Waals surface area (Å²) in [4.78, 5) is 16.1. The van der Waals surface area contributed by atoms with Gasteiger partial charge < -0.3 is 10.6 Å². The van der Waals surface area contributed by atoms with Gasteiger partial charge in [0, 0.05) is 17.1 Å². The summed E-state index contributed by atoms with van der Waals surface area (Å²) < 4.78 is 0. The molecular weight excluding hydrogens is 274 g/mol. The van der Waals surface area contributed by atoms with E-state index in [4.69, 9.17) is 11.6 Å². The van der Waals surface area contributed by atoms with E-state index in [9.17, 15) is 4.79 Å². The number of nitrogens with zero attached hydrogens (tertiary/aromatic N) is 1. The van der Waals surface area contributed by atoms with Gasteiger partial charge in [-0.05, 0) is 36.4 Å². The molecule has 0 fully saturated rings. The molecule has 20 heavy (non-hydrogen) atoms. The van der Waals surface area contributed by atoms with E-state index in [1.165, 1.54) is 0 Å². The van der Waals surface area contributed by atoms with E-state index >= 15 is 0 Å². The molecule has 0 aliphatic carbocycles. The van der Waals surface area contributed by atoms with E-state index in [0.717, 1.165) is 5.69 Å². The summed E-state index contributed by atoms with van der Waals surface area (Å²) in [6.45, 7) is 4.29. The monoisotopic (exact) mass is 287 g/mol. The highest BCUT2D eigenvalue weighted by Gasteiger charge is 2.06. The van der Waals surface area contributed by atoms with Crippen molar-refractivity contribution in [3.05, 3.63) is 65.8 Å². The molecule has 5 heteroatoms. The lowest BCUT2D eigenvalue weighted by molar-refractivity contribution is 0.102. The van der Waals surface area contributed by atoms with Crippen LogP contribution in [0.3, 0.4) is 0 Å². The lowest BCUT2D eigenvalue weighted by Gasteiger charge is -2.06. The smallest absolute Gasteiger partial charge is 0.256 e. The first-order valence-corrected chi connectivity index (χ1v) is 6.44. The molecule has 102 valence electrons. The third-order valence-electron chi connectivity index (χ3n) is 2.56. The second-order valence-electron chi connectivity index (χ2n) is 4.06. The molecule has 0 saturated heterocycles. The molecule has 0 aliphatic rings. The summed E-state index contributed by atoms with van der Waals surface area (Å²) in [6, 6.07) is 10.3. The predicted molar refractivity (Wildman–Crippen MR) is 82.3 cm³/mol. The van der Waals surface area contributed by atoms with Crippen LogP contribution in [0.2, 0.25) is 5.02 Å². The Bertz CT molecular complexity index is 594. The minimum absolute atomic E-state index is 0.221. The van der Waals surface area contributed by atoms with Crippen LogP contribution in [0.4, 0.5) is 11.5 Å². The number of carbonyl (C=O) groups is 1. The van der Waals surface area contributed by atoms with E-state index in [-0.39, 0.29) is 5.91 Å². The molecule has 0 atom stereocenters. The molecule has 0 spiro atoms. The standard InChI is InChI=1S/C15H14ClN3O/c1-2-9-17-13-7-8-14(18-10-13)19-15(20)11-3-5-12(16)6-4-11/h2-8,10,17H,1,9H2,(H,18,19,20). The zero-order valence-electron chi connectivity index (χ0n) is 10.8. The Hall–Kier alpha value is -2.33. The maximum atomic E-state index is 12.0. The predicted octanol–water partition coefficient (Wildman–Crippen LogP) is 3.59. The maximum Gasteiger partial charge on any atom is 0.256 e. The van der Waals surface area contributed by atoms with Gasteiger partial charge in [0.2, 0.25) is 0 Å². The SMILES string of the molecule is C=CCNc1ccc(NC(=O)c2ccc(Cl)cc2)nc1. The molecule has 2 rings (SSSR count). The number of carbonyl (C=O) groups excluding carboxylic acids is 1. The summed E-state index contributed by atoms with van der Waals surface area (Å²) in [7, 11) is 0. The number of benzene rings is 1. The van der Waals surface area contributed by atoms with E-state index < -0.39 is 0 Å². The van der Waals surface area contributed by atoms with Crippen LogP contribution in [0, 0.1) is 0 Å². The molecule has 2 N–H and O–H groups in total. The normalized spacial score (nSPS) is 9.85. The van der Waals surface area contributed by atoms with Crippen molar-refractivity contribution in [2.24, 2.45) is 0 Å². The average Bonchev–Trinajstić information content (AvgIpc) is 2.47. The zero-order valence-corrected chi connectivity index (χ0v) is 11.5. The Morgan fingerprint density at radius 3 is 2.60 bits per heavy atom. The average molecular weight is 288 g/mol. The van der Waals surface area contributed by atoms with Crippen LogP contribution in [-0.4, -0.2) is 17.4 Å². The summed E-state index contributed by atoms with van der Waals surface area (Å²) in [5.41, 5.74) is 1.40. The topological polar surface area (TPSA) is 54.0 Å². The minimum atomic E-state index is -0.221. The third-order valence-corrected chi connectivity index (χ3v) is 2.81. The highest BCUT2D eigenvalue weighted by atomic mass is 35.5. The number of halogens is 1. The van der Waals surface area contributed by atoms with Crippen LogP contribution >= 0.6 is 11.6 Å². The highest BCUT2D eigenvalue weighted by Crippen LogP contribution is 2.13. The van der Waals surface area contributed by atoms with Gasteiger partial charge in [0.15, 0.2) is 0 Å². The highest BCUT2D eigenvalue weighted by molar-refractivity contribution is 6.30. The maximum absolute atomic E-state index is 12.0. The number of hydrogen-bond donors (Lipinski definition) is 2. The number of anilines is 2. The van der Waals surface area contributed by atoms with Crippen molar-refractivity contribution in [3.63, 3.8) is 0 Å². The molecule has 1 heterocycles. The fourth-order valence-corrected chi connectivity index (χ4v) is 1.68. The summed E-state index contributed by atoms with van der Waals surface area (Å²) in [5, 5.41) is 6.42. The quantitative estimate of drug-likeness (QED) is 0.826. The van der Waals surface area contributed by atoms with Crippen molar-refractivity contribution >= 4 is 29.0 Å². The van der Waals surface area contributed by atoms with E-state index in [1.54, 1.807) is 42.6 Å². The first-order valence-electron chi connectivity index (χ1n) is 6.07. The fraction of sp³-hybridized carbons (Fsp3) is 0.0667. The molecule has 4 nitrogen and oxygen atoms in total. The Kier molecular flexibility index (Phi) is 4.74. The van der Waals surface area contributed by atoms with Crippen LogP contribution in [0.5, 0.6) is 0 Å². The molecule has 1 aromatic heterocycles. The van der Waals surface area contributed by atoms with Crippen LogP contribution < -0.4 is 10.6 Å². The van der Waals surface area contributed by atoms with Crippen LogP contribution in [-0.2, 0) is 0 Å². The summed E-state index contributed by atoms with van der Waals surface area (Å²) >= 11 is 5.78. The van der Waals surface area contributed by atoms with Crippen molar-refractivity contribution in [1.82, 2.24) is 4.98 Å². The fourth-order valence-electron chi connectivity index (χ4n) is 1.55. The Morgan fingerprint density at radius 2 is 2.00 bits per heavy atom. The Labute approximate surface area is 122 Å². The molecule has 1 amide bonds. The first-order chi connectivity index (χ1) is 9.69.